The maximum absolute atomic E-state index is 11.6. The average Bonchev–Trinajstić information content (AvgIpc) is 2.84. The largest absolute Gasteiger partial charge is 0.496 e. The van der Waals surface area contributed by atoms with Crippen molar-refractivity contribution in [3.8, 4) is 5.75 Å². The van der Waals surface area contributed by atoms with Crippen LogP contribution in [0.15, 0.2) is 24.3 Å². The lowest BCUT2D eigenvalue weighted by atomic mass is 9.88. The molecular weight excluding hydrogens is 294 g/mol. The van der Waals surface area contributed by atoms with Gasteiger partial charge in [-0.2, -0.15) is 5.10 Å². The molecule has 122 valence electrons. The Hall–Kier alpha value is -2.50. The number of benzene rings is 1. The van der Waals surface area contributed by atoms with Crippen LogP contribution < -0.4 is 10.1 Å². The van der Waals surface area contributed by atoms with Crippen molar-refractivity contribution in [1.29, 1.82) is 0 Å². The zero-order chi connectivity index (χ0) is 16.8. The van der Waals surface area contributed by atoms with Crippen molar-refractivity contribution in [3.63, 3.8) is 0 Å². The maximum atomic E-state index is 11.6. The van der Waals surface area contributed by atoms with Gasteiger partial charge in [0.2, 0.25) is 0 Å². The summed E-state index contributed by atoms with van der Waals surface area (Å²) in [7, 11) is 1.64. The van der Waals surface area contributed by atoms with Gasteiger partial charge < -0.3 is 15.2 Å². The highest BCUT2D eigenvalue weighted by Crippen LogP contribution is 2.42. The Morgan fingerprint density at radius 1 is 1.43 bits per heavy atom. The molecule has 1 aromatic heterocycles. The Kier molecular flexibility index (Phi) is 3.55. The highest BCUT2D eigenvalue weighted by Gasteiger charge is 2.38. The normalized spacial score (nSPS) is 18.9. The Morgan fingerprint density at radius 2 is 2.13 bits per heavy atom. The molecule has 1 atom stereocenters. The zero-order valence-electron chi connectivity index (χ0n) is 13.8. The quantitative estimate of drug-likeness (QED) is 0.909. The molecule has 2 aromatic rings. The lowest BCUT2D eigenvalue weighted by molar-refractivity contribution is 0.0696. The van der Waals surface area contributed by atoms with Crippen molar-refractivity contribution in [3.05, 3.63) is 41.1 Å². The summed E-state index contributed by atoms with van der Waals surface area (Å²) in [6, 6.07) is 7.77. The van der Waals surface area contributed by atoms with Crippen molar-refractivity contribution in [2.24, 2.45) is 0 Å². The van der Waals surface area contributed by atoms with Crippen molar-refractivity contribution in [2.45, 2.75) is 38.8 Å². The summed E-state index contributed by atoms with van der Waals surface area (Å²) in [5.74, 6) is 0.386. The van der Waals surface area contributed by atoms with Crippen molar-refractivity contribution < 1.29 is 14.6 Å². The summed E-state index contributed by atoms with van der Waals surface area (Å²) in [6.45, 7) is 5.86. The van der Waals surface area contributed by atoms with Crippen LogP contribution in [0.4, 0.5) is 5.82 Å². The van der Waals surface area contributed by atoms with E-state index < -0.39 is 5.97 Å². The van der Waals surface area contributed by atoms with E-state index in [1.165, 1.54) is 0 Å². The van der Waals surface area contributed by atoms with Gasteiger partial charge in [-0.15, -0.1) is 0 Å². The number of para-hydroxylation sites is 1. The maximum Gasteiger partial charge on any atom is 0.341 e. The minimum Gasteiger partial charge on any atom is -0.496 e. The van der Waals surface area contributed by atoms with Crippen LogP contribution in [0.2, 0.25) is 0 Å². The first-order chi connectivity index (χ1) is 10.8. The van der Waals surface area contributed by atoms with Crippen molar-refractivity contribution in [2.75, 3.05) is 12.4 Å². The summed E-state index contributed by atoms with van der Waals surface area (Å²) in [5.41, 5.74) is 1.47. The van der Waals surface area contributed by atoms with Gasteiger partial charge >= 0.3 is 5.97 Å². The van der Waals surface area contributed by atoms with Crippen LogP contribution in [0.25, 0.3) is 0 Å². The first-order valence-electron chi connectivity index (χ1n) is 7.58. The van der Waals surface area contributed by atoms with Gasteiger partial charge in [-0.25, -0.2) is 9.48 Å². The predicted octanol–water partition coefficient (Wildman–Crippen LogP) is 3.19. The lowest BCUT2D eigenvalue weighted by Gasteiger charge is -2.38. The van der Waals surface area contributed by atoms with E-state index in [1.807, 2.05) is 24.3 Å². The minimum absolute atomic E-state index is 0.0390. The molecule has 1 aromatic carbocycles. The molecule has 0 saturated carbocycles. The third kappa shape index (κ3) is 2.44. The summed E-state index contributed by atoms with van der Waals surface area (Å²) in [5, 5.41) is 17.3. The third-order valence-electron chi connectivity index (χ3n) is 4.38. The molecule has 2 N–H and O–H groups in total. The third-order valence-corrected chi connectivity index (χ3v) is 4.38. The fraction of sp³-hybridized carbons (Fsp3) is 0.412. The lowest BCUT2D eigenvalue weighted by Crippen LogP contribution is -2.38. The van der Waals surface area contributed by atoms with E-state index in [9.17, 15) is 9.90 Å². The number of hydrogen-bond donors (Lipinski definition) is 2. The first kappa shape index (κ1) is 15.4. The number of ether oxygens (including phenoxy) is 1. The summed E-state index contributed by atoms with van der Waals surface area (Å²) in [4.78, 5) is 11.6. The number of rotatable bonds is 3. The van der Waals surface area contributed by atoms with Gasteiger partial charge in [0.1, 0.15) is 17.1 Å². The van der Waals surface area contributed by atoms with Crippen LogP contribution in [-0.2, 0) is 5.54 Å². The second-order valence-electron chi connectivity index (χ2n) is 6.48. The van der Waals surface area contributed by atoms with Gasteiger partial charge in [0.25, 0.3) is 0 Å². The molecule has 23 heavy (non-hydrogen) atoms. The van der Waals surface area contributed by atoms with Gasteiger partial charge in [-0.05, 0) is 33.3 Å². The molecule has 1 unspecified atom stereocenters. The number of hydrogen-bond acceptors (Lipinski definition) is 4. The molecule has 0 radical (unpaired) electrons. The number of aryl methyl sites for hydroxylation is 1. The number of nitrogens with one attached hydrogen (secondary N) is 1. The molecule has 3 rings (SSSR count). The highest BCUT2D eigenvalue weighted by molar-refractivity contribution is 5.95. The van der Waals surface area contributed by atoms with Gasteiger partial charge in [0.15, 0.2) is 0 Å². The molecule has 0 saturated heterocycles. The van der Waals surface area contributed by atoms with Crippen LogP contribution in [0.3, 0.4) is 0 Å². The average molecular weight is 315 g/mol. The number of anilines is 1. The van der Waals surface area contributed by atoms with Crippen LogP contribution in [-0.4, -0.2) is 28.0 Å². The topological polar surface area (TPSA) is 76.4 Å². The van der Waals surface area contributed by atoms with Gasteiger partial charge in [-0.1, -0.05) is 18.2 Å². The van der Waals surface area contributed by atoms with E-state index in [1.54, 1.807) is 18.7 Å². The smallest absolute Gasteiger partial charge is 0.341 e. The van der Waals surface area contributed by atoms with E-state index in [4.69, 9.17) is 4.74 Å². The molecule has 0 bridgehead atoms. The molecular formula is C17H21N3O3. The van der Waals surface area contributed by atoms with E-state index in [0.29, 0.717) is 11.5 Å². The summed E-state index contributed by atoms with van der Waals surface area (Å²) < 4.78 is 7.25. The van der Waals surface area contributed by atoms with E-state index in [-0.39, 0.29) is 17.1 Å². The van der Waals surface area contributed by atoms with Gasteiger partial charge in [0.05, 0.1) is 24.4 Å². The second kappa shape index (κ2) is 5.30. The monoisotopic (exact) mass is 315 g/mol. The number of methoxy groups -OCH3 is 1. The van der Waals surface area contributed by atoms with Crippen molar-refractivity contribution >= 4 is 11.8 Å². The SMILES string of the molecule is COc1ccccc1C1CC(C)(C)n2nc(C)c(C(=O)O)c2N1. The Labute approximate surface area is 135 Å². The Morgan fingerprint density at radius 3 is 2.78 bits per heavy atom. The number of aromatic nitrogens is 2. The van der Waals surface area contributed by atoms with Crippen LogP contribution >= 0.6 is 0 Å². The second-order valence-corrected chi connectivity index (χ2v) is 6.48. The molecule has 0 fully saturated rings. The molecule has 2 heterocycles. The zero-order valence-corrected chi connectivity index (χ0v) is 13.8. The van der Waals surface area contributed by atoms with Crippen LogP contribution in [0.5, 0.6) is 5.75 Å². The predicted molar refractivity (Wildman–Crippen MR) is 87.2 cm³/mol. The van der Waals surface area contributed by atoms with Gasteiger partial charge in [0, 0.05) is 5.56 Å². The number of carboxylic acids is 1. The number of carbonyl (C=O) groups is 1. The van der Waals surface area contributed by atoms with E-state index in [0.717, 1.165) is 17.7 Å². The molecule has 0 aliphatic carbocycles. The fourth-order valence-corrected chi connectivity index (χ4v) is 3.30. The Bertz CT molecular complexity index is 764. The standard InChI is InChI=1S/C17H21N3O3/c1-10-14(16(21)22)15-18-12(9-17(2,3)20(15)19-10)11-7-5-6-8-13(11)23-4/h5-8,12,18H,9H2,1-4H3,(H,21,22). The first-order valence-corrected chi connectivity index (χ1v) is 7.58. The van der Waals surface area contributed by atoms with Crippen molar-refractivity contribution in [1.82, 2.24) is 9.78 Å². The minimum atomic E-state index is -0.965. The molecule has 1 aliphatic rings. The highest BCUT2D eigenvalue weighted by atomic mass is 16.5. The Balaban J connectivity index is 2.12. The molecule has 1 aliphatic heterocycles. The molecule has 6 nitrogen and oxygen atoms in total. The van der Waals surface area contributed by atoms with E-state index in [2.05, 4.69) is 24.3 Å². The molecule has 6 heteroatoms. The number of carboxylic acid groups (broad SMARTS) is 1. The molecule has 0 spiro atoms. The van der Waals surface area contributed by atoms with E-state index >= 15 is 0 Å². The van der Waals surface area contributed by atoms with Crippen LogP contribution in [0.1, 0.15) is 47.9 Å². The number of fused-ring (bicyclic) bond motifs is 1. The van der Waals surface area contributed by atoms with Crippen LogP contribution in [0, 0.1) is 6.92 Å². The number of nitrogens with zero attached hydrogens (tertiary/aromatic N) is 2. The summed E-state index contributed by atoms with van der Waals surface area (Å²) in [6.07, 6.45) is 0.778. The fourth-order valence-electron chi connectivity index (χ4n) is 3.30. The number of aromatic carboxylic acids is 1. The van der Waals surface area contributed by atoms with Gasteiger partial charge in [-0.3, -0.25) is 0 Å². The summed E-state index contributed by atoms with van der Waals surface area (Å²) >= 11 is 0. The molecule has 0 amide bonds.